The molecule has 0 spiro atoms. The van der Waals surface area contributed by atoms with Gasteiger partial charge in [-0.05, 0) is 48.4 Å². The Labute approximate surface area is 205 Å². The number of fused-ring (bicyclic) bond motifs is 1. The molecule has 3 aromatic carbocycles. The minimum Gasteiger partial charge on any atom is -0.493 e. The maximum Gasteiger partial charge on any atom is 0.343 e. The van der Waals surface area contributed by atoms with Gasteiger partial charge in [0.25, 0.3) is 0 Å². The third-order valence-corrected chi connectivity index (χ3v) is 5.97. The van der Waals surface area contributed by atoms with Crippen molar-refractivity contribution < 1.29 is 33.3 Å². The molecule has 0 unspecified atom stereocenters. The fourth-order valence-corrected chi connectivity index (χ4v) is 4.03. The van der Waals surface area contributed by atoms with Crippen LogP contribution in [0, 0.1) is 6.92 Å². The lowest BCUT2D eigenvalue weighted by Gasteiger charge is -2.14. The van der Waals surface area contributed by atoms with E-state index in [1.54, 1.807) is 19.1 Å². The summed E-state index contributed by atoms with van der Waals surface area (Å²) < 4.78 is 28.1. The summed E-state index contributed by atoms with van der Waals surface area (Å²) in [6, 6.07) is 13.7. The highest BCUT2D eigenvalue weighted by Crippen LogP contribution is 2.40. The van der Waals surface area contributed by atoms with Crippen LogP contribution in [0.25, 0.3) is 6.08 Å². The summed E-state index contributed by atoms with van der Waals surface area (Å²) in [5.41, 5.74) is 2.08. The Morgan fingerprint density at radius 1 is 0.971 bits per heavy atom. The predicted octanol–water partition coefficient (Wildman–Crippen LogP) is 5.62. The highest BCUT2D eigenvalue weighted by atomic mass is 79.9. The summed E-state index contributed by atoms with van der Waals surface area (Å²) in [5, 5.41) is 0. The first-order valence-corrected chi connectivity index (χ1v) is 11.0. The molecule has 0 saturated heterocycles. The molecule has 0 aromatic heterocycles. The minimum absolute atomic E-state index is 0.193. The van der Waals surface area contributed by atoms with Crippen molar-refractivity contribution in [2.24, 2.45) is 0 Å². The molecule has 1 aliphatic heterocycles. The Hall–Kier alpha value is -3.78. The summed E-state index contributed by atoms with van der Waals surface area (Å²) >= 11 is 3.47. The Kier molecular flexibility index (Phi) is 6.61. The molecule has 0 fully saturated rings. The van der Waals surface area contributed by atoms with Crippen molar-refractivity contribution in [3.8, 4) is 28.7 Å². The fourth-order valence-electron chi connectivity index (χ4n) is 3.63. The molecule has 0 bridgehead atoms. The first-order valence-electron chi connectivity index (χ1n) is 10.2. The number of hydrogen-bond donors (Lipinski definition) is 0. The normalized spacial score (nSPS) is 13.3. The molecule has 34 heavy (non-hydrogen) atoms. The van der Waals surface area contributed by atoms with Crippen molar-refractivity contribution in [2.45, 2.75) is 6.92 Å². The summed E-state index contributed by atoms with van der Waals surface area (Å²) in [7, 11) is 4.40. The number of ketones is 1. The van der Waals surface area contributed by atoms with Gasteiger partial charge in [-0.3, -0.25) is 4.79 Å². The van der Waals surface area contributed by atoms with Crippen molar-refractivity contribution in [2.75, 3.05) is 21.3 Å². The van der Waals surface area contributed by atoms with E-state index in [2.05, 4.69) is 15.9 Å². The molecule has 0 atom stereocenters. The molecule has 7 nitrogen and oxygen atoms in total. The van der Waals surface area contributed by atoms with Crippen molar-refractivity contribution in [3.63, 3.8) is 0 Å². The van der Waals surface area contributed by atoms with Crippen LogP contribution in [0.3, 0.4) is 0 Å². The van der Waals surface area contributed by atoms with E-state index in [-0.39, 0.29) is 22.9 Å². The van der Waals surface area contributed by atoms with E-state index in [0.717, 1.165) is 10.0 Å². The SMILES string of the molecule is COc1cc(C(=O)Oc2cc(C)c3c(c2)O/C(=C\c2ccccc2Br)C3=O)cc(OC)c1OC. The van der Waals surface area contributed by atoms with E-state index in [4.69, 9.17) is 23.7 Å². The Morgan fingerprint density at radius 3 is 2.26 bits per heavy atom. The van der Waals surface area contributed by atoms with Gasteiger partial charge >= 0.3 is 5.97 Å². The van der Waals surface area contributed by atoms with Crippen molar-refractivity contribution in [3.05, 3.63) is 81.0 Å². The van der Waals surface area contributed by atoms with Gasteiger partial charge in [0.1, 0.15) is 11.5 Å². The second kappa shape index (κ2) is 9.61. The lowest BCUT2D eigenvalue weighted by molar-refractivity contribution is 0.0733. The van der Waals surface area contributed by atoms with Crippen molar-refractivity contribution >= 4 is 33.8 Å². The van der Waals surface area contributed by atoms with Gasteiger partial charge in [-0.15, -0.1) is 0 Å². The van der Waals surface area contributed by atoms with Crippen LogP contribution in [-0.4, -0.2) is 33.1 Å². The van der Waals surface area contributed by atoms with Gasteiger partial charge in [-0.2, -0.15) is 0 Å². The van der Waals surface area contributed by atoms with Gasteiger partial charge < -0.3 is 23.7 Å². The Balaban J connectivity index is 1.62. The number of benzene rings is 3. The smallest absolute Gasteiger partial charge is 0.343 e. The van der Waals surface area contributed by atoms with Gasteiger partial charge in [0, 0.05) is 10.5 Å². The highest BCUT2D eigenvalue weighted by molar-refractivity contribution is 9.10. The largest absolute Gasteiger partial charge is 0.493 e. The molecule has 0 N–H and O–H groups in total. The lowest BCUT2D eigenvalue weighted by atomic mass is 10.0. The molecule has 0 saturated carbocycles. The molecular formula is C26H21BrO7. The molecule has 8 heteroatoms. The maximum absolute atomic E-state index is 12.9. The molecule has 3 aromatic rings. The van der Waals surface area contributed by atoms with Crippen LogP contribution in [0.5, 0.6) is 28.7 Å². The van der Waals surface area contributed by atoms with E-state index in [1.807, 2.05) is 24.3 Å². The van der Waals surface area contributed by atoms with E-state index < -0.39 is 5.97 Å². The summed E-state index contributed by atoms with van der Waals surface area (Å²) in [6.45, 7) is 1.76. The van der Waals surface area contributed by atoms with E-state index in [0.29, 0.717) is 34.1 Å². The van der Waals surface area contributed by atoms with Gasteiger partial charge in [0.15, 0.2) is 17.3 Å². The zero-order chi connectivity index (χ0) is 24.4. The molecule has 0 aliphatic carbocycles. The maximum atomic E-state index is 12.9. The van der Waals surface area contributed by atoms with Crippen LogP contribution in [0.1, 0.15) is 31.8 Å². The Morgan fingerprint density at radius 2 is 1.65 bits per heavy atom. The van der Waals surface area contributed by atoms with Crippen LogP contribution >= 0.6 is 15.9 Å². The van der Waals surface area contributed by atoms with Crippen molar-refractivity contribution in [1.82, 2.24) is 0 Å². The summed E-state index contributed by atoms with van der Waals surface area (Å²) in [6.07, 6.45) is 1.67. The number of aryl methyl sites for hydroxylation is 1. The number of Topliss-reactive ketones (excluding diaryl/α,β-unsaturated/α-hetero) is 1. The number of ether oxygens (including phenoxy) is 5. The zero-order valence-electron chi connectivity index (χ0n) is 18.9. The van der Waals surface area contributed by atoms with Crippen LogP contribution < -0.4 is 23.7 Å². The van der Waals surface area contributed by atoms with E-state index in [1.165, 1.54) is 39.5 Å². The average Bonchev–Trinajstić information content (AvgIpc) is 3.14. The van der Waals surface area contributed by atoms with E-state index in [9.17, 15) is 9.59 Å². The summed E-state index contributed by atoms with van der Waals surface area (Å²) in [4.78, 5) is 25.8. The number of carbonyl (C=O) groups is 2. The number of carbonyl (C=O) groups excluding carboxylic acids is 2. The fraction of sp³-hybridized carbons (Fsp3) is 0.154. The molecule has 174 valence electrons. The molecule has 1 heterocycles. The third-order valence-electron chi connectivity index (χ3n) is 5.25. The number of esters is 1. The monoisotopic (exact) mass is 524 g/mol. The molecule has 0 radical (unpaired) electrons. The number of methoxy groups -OCH3 is 3. The molecule has 1 aliphatic rings. The predicted molar refractivity (Wildman–Crippen MR) is 129 cm³/mol. The van der Waals surface area contributed by atoms with Crippen LogP contribution in [-0.2, 0) is 0 Å². The number of allylic oxidation sites excluding steroid dienone is 1. The second-order valence-electron chi connectivity index (χ2n) is 7.38. The van der Waals surface area contributed by atoms with Crippen LogP contribution in [0.4, 0.5) is 0 Å². The second-order valence-corrected chi connectivity index (χ2v) is 8.23. The number of hydrogen-bond acceptors (Lipinski definition) is 7. The first kappa shape index (κ1) is 23.4. The molecule has 0 amide bonds. The minimum atomic E-state index is -0.632. The number of rotatable bonds is 6. The number of halogens is 1. The quantitative estimate of drug-likeness (QED) is 0.235. The van der Waals surface area contributed by atoms with Crippen molar-refractivity contribution in [1.29, 1.82) is 0 Å². The third kappa shape index (κ3) is 4.36. The molecule has 4 rings (SSSR count). The topological polar surface area (TPSA) is 80.3 Å². The van der Waals surface area contributed by atoms with Gasteiger partial charge in [0.05, 0.1) is 32.5 Å². The molecular weight excluding hydrogens is 504 g/mol. The first-order chi connectivity index (χ1) is 16.4. The lowest BCUT2D eigenvalue weighted by Crippen LogP contribution is -2.10. The standard InChI is InChI=1S/C26H21BrO7/c1-14-9-17(33-26(29)16-11-21(30-2)25(32-4)22(12-16)31-3)13-19-23(14)24(28)20(34-19)10-15-7-5-6-8-18(15)27/h5-13H,1-4H3/b20-10-. The van der Waals surface area contributed by atoms with Gasteiger partial charge in [-0.25, -0.2) is 4.79 Å². The summed E-state index contributed by atoms with van der Waals surface area (Å²) in [5.74, 6) is 0.923. The zero-order valence-corrected chi connectivity index (χ0v) is 20.5. The average molecular weight is 525 g/mol. The Bertz CT molecular complexity index is 1300. The van der Waals surface area contributed by atoms with Gasteiger partial charge in [0.2, 0.25) is 11.5 Å². The van der Waals surface area contributed by atoms with Crippen LogP contribution in [0.2, 0.25) is 0 Å². The highest BCUT2D eigenvalue weighted by Gasteiger charge is 2.30. The van der Waals surface area contributed by atoms with E-state index >= 15 is 0 Å². The van der Waals surface area contributed by atoms with Gasteiger partial charge in [-0.1, -0.05) is 34.1 Å². The van der Waals surface area contributed by atoms with Crippen LogP contribution in [0.15, 0.2) is 58.8 Å².